The first kappa shape index (κ1) is 22.9. The first-order valence-electron chi connectivity index (χ1n) is 9.60. The zero-order valence-corrected chi connectivity index (χ0v) is 16.2. The van der Waals surface area contributed by atoms with Crippen LogP contribution < -0.4 is 10.4 Å². The Morgan fingerprint density at radius 2 is 1.25 bits per heavy atom. The van der Waals surface area contributed by atoms with E-state index in [0.29, 0.717) is 6.42 Å². The third kappa shape index (κ3) is 12.3. The summed E-state index contributed by atoms with van der Waals surface area (Å²) in [6.45, 7) is 2.24. The van der Waals surface area contributed by atoms with Crippen LogP contribution in [-0.4, -0.2) is 43.7 Å². The molecule has 1 atom stereocenters. The topological polar surface area (TPSA) is 69.2 Å². The molecule has 24 heavy (non-hydrogen) atoms. The van der Waals surface area contributed by atoms with Crippen molar-refractivity contribution in [1.29, 1.82) is 0 Å². The molecule has 0 radical (unpaired) electrons. The minimum atomic E-state index is -1.24. The van der Waals surface area contributed by atoms with Gasteiger partial charge in [-0.25, -0.2) is 0 Å². The normalized spacial score (nSPS) is 12.8. The van der Waals surface area contributed by atoms with E-state index in [0.717, 1.165) is 19.3 Å². The van der Waals surface area contributed by atoms with Gasteiger partial charge in [0.15, 0.2) is 0 Å². The highest BCUT2D eigenvalue weighted by Crippen LogP contribution is 2.12. The number of carbonyl (C=O) groups is 2. The van der Waals surface area contributed by atoms with E-state index in [1.54, 1.807) is 21.1 Å². The zero-order valence-electron chi connectivity index (χ0n) is 16.2. The van der Waals surface area contributed by atoms with E-state index < -0.39 is 12.1 Å². The summed E-state index contributed by atoms with van der Waals surface area (Å²) in [6.07, 6.45) is 13.0. The zero-order chi connectivity index (χ0) is 18.4. The highest BCUT2D eigenvalue weighted by Gasteiger charge is 2.26. The predicted octanol–water partition coefficient (Wildman–Crippen LogP) is 2.59. The molecule has 0 rings (SSSR count). The second-order valence-electron chi connectivity index (χ2n) is 7.69. The number of carboxylic acid groups (broad SMARTS) is 1. The molecule has 0 saturated heterocycles. The number of hydrogen-bond donors (Lipinski definition) is 1. The van der Waals surface area contributed by atoms with Crippen LogP contribution in [0.5, 0.6) is 0 Å². The molecule has 0 bridgehead atoms. The number of carbonyl (C=O) groups excluding carboxylic acids is 2. The van der Waals surface area contributed by atoms with Crippen molar-refractivity contribution in [3.05, 3.63) is 0 Å². The average molecular weight is 343 g/mol. The molecule has 0 aromatic rings. The standard InChI is InChI=1S/C19H38N2O3/c1-5-6-7-8-9-10-11-12-13-14-15-16-17(22)20-18(19(23)24)21(2,3)4/h18H,5-16H2,1-4H3,(H-,20,22,23,24). The number of aliphatic carboxylic acids is 1. The van der Waals surface area contributed by atoms with Crippen molar-refractivity contribution in [2.45, 2.75) is 90.1 Å². The third-order valence-corrected chi connectivity index (χ3v) is 4.30. The Bertz CT molecular complexity index is 351. The lowest BCUT2D eigenvalue weighted by Crippen LogP contribution is -2.63. The fourth-order valence-electron chi connectivity index (χ4n) is 2.74. The maximum absolute atomic E-state index is 11.9. The van der Waals surface area contributed by atoms with Crippen molar-refractivity contribution in [3.63, 3.8) is 0 Å². The van der Waals surface area contributed by atoms with Crippen molar-refractivity contribution in [3.8, 4) is 0 Å². The molecule has 1 N–H and O–H groups in total. The summed E-state index contributed by atoms with van der Waals surface area (Å²) in [5.74, 6) is -1.44. The van der Waals surface area contributed by atoms with Crippen molar-refractivity contribution < 1.29 is 19.2 Å². The van der Waals surface area contributed by atoms with Gasteiger partial charge in [-0.05, 0) is 6.42 Å². The van der Waals surface area contributed by atoms with Gasteiger partial charge in [0.25, 0.3) is 0 Å². The van der Waals surface area contributed by atoms with E-state index in [2.05, 4.69) is 12.2 Å². The van der Waals surface area contributed by atoms with E-state index in [1.807, 2.05) is 0 Å². The molecule has 0 heterocycles. The highest BCUT2D eigenvalue weighted by molar-refractivity contribution is 5.81. The van der Waals surface area contributed by atoms with E-state index >= 15 is 0 Å². The average Bonchev–Trinajstić information content (AvgIpc) is 2.48. The second-order valence-corrected chi connectivity index (χ2v) is 7.69. The van der Waals surface area contributed by atoms with Crippen LogP contribution in [0.1, 0.15) is 84.0 Å². The summed E-state index contributed by atoms with van der Waals surface area (Å²) in [7, 11) is 5.18. The van der Waals surface area contributed by atoms with Gasteiger partial charge >= 0.3 is 0 Å². The molecular weight excluding hydrogens is 304 g/mol. The second kappa shape index (κ2) is 13.2. The lowest BCUT2D eigenvalue weighted by molar-refractivity contribution is -0.891. The number of rotatable bonds is 15. The van der Waals surface area contributed by atoms with Crippen molar-refractivity contribution >= 4 is 11.9 Å². The SMILES string of the molecule is CCCCCCCCCCCCCC(=O)NC(C(=O)[O-])[N+](C)(C)C. The molecule has 1 amide bonds. The minimum Gasteiger partial charge on any atom is -0.542 e. The predicted molar refractivity (Wildman–Crippen MR) is 96.0 cm³/mol. The Balaban J connectivity index is 3.60. The molecule has 0 fully saturated rings. The fourth-order valence-corrected chi connectivity index (χ4v) is 2.74. The molecule has 0 aromatic carbocycles. The summed E-state index contributed by atoms with van der Waals surface area (Å²) in [5.41, 5.74) is 0. The Hall–Kier alpha value is -1.10. The summed E-state index contributed by atoms with van der Waals surface area (Å²) in [4.78, 5) is 23.0. The van der Waals surface area contributed by atoms with Gasteiger partial charge in [0.2, 0.25) is 12.1 Å². The molecule has 0 aliphatic rings. The van der Waals surface area contributed by atoms with Crippen molar-refractivity contribution in [2.24, 2.45) is 0 Å². The fraction of sp³-hybridized carbons (Fsp3) is 0.895. The Kier molecular flexibility index (Phi) is 12.6. The molecule has 0 aliphatic carbocycles. The molecule has 5 heteroatoms. The smallest absolute Gasteiger partial charge is 0.224 e. The van der Waals surface area contributed by atoms with E-state index in [-0.39, 0.29) is 10.4 Å². The van der Waals surface area contributed by atoms with Gasteiger partial charge in [-0.2, -0.15) is 0 Å². The molecule has 0 saturated carbocycles. The lowest BCUT2D eigenvalue weighted by atomic mass is 10.1. The van der Waals surface area contributed by atoms with Gasteiger partial charge in [-0.1, -0.05) is 71.1 Å². The first-order chi connectivity index (χ1) is 11.3. The number of likely N-dealkylation sites (N-methyl/N-ethyl adjacent to an activating group) is 1. The van der Waals surface area contributed by atoms with Crippen LogP contribution in [-0.2, 0) is 9.59 Å². The summed E-state index contributed by atoms with van der Waals surface area (Å²) < 4.78 is 0.117. The summed E-state index contributed by atoms with van der Waals surface area (Å²) in [6, 6.07) is 0. The van der Waals surface area contributed by atoms with Gasteiger partial charge in [-0.15, -0.1) is 0 Å². The van der Waals surface area contributed by atoms with E-state index in [4.69, 9.17) is 0 Å². The van der Waals surface area contributed by atoms with Crippen LogP contribution in [0.4, 0.5) is 0 Å². The molecular formula is C19H38N2O3. The van der Waals surface area contributed by atoms with Crippen LogP contribution in [0.25, 0.3) is 0 Å². The van der Waals surface area contributed by atoms with Crippen LogP contribution in [0.2, 0.25) is 0 Å². The summed E-state index contributed by atoms with van der Waals surface area (Å²) in [5, 5.41) is 13.7. The van der Waals surface area contributed by atoms with Crippen LogP contribution in [0, 0.1) is 0 Å². The number of quaternary nitrogens is 1. The van der Waals surface area contributed by atoms with Gasteiger partial charge in [0.1, 0.15) is 5.97 Å². The lowest BCUT2D eigenvalue weighted by Gasteiger charge is -2.34. The molecule has 0 aliphatic heterocycles. The quantitative estimate of drug-likeness (QED) is 0.282. The van der Waals surface area contributed by atoms with Gasteiger partial charge < -0.3 is 19.7 Å². The highest BCUT2D eigenvalue weighted by atomic mass is 16.4. The van der Waals surface area contributed by atoms with Crippen molar-refractivity contribution in [1.82, 2.24) is 5.32 Å². The molecule has 0 aromatic heterocycles. The maximum Gasteiger partial charge on any atom is 0.224 e. The molecule has 5 nitrogen and oxygen atoms in total. The van der Waals surface area contributed by atoms with E-state index in [9.17, 15) is 14.7 Å². The third-order valence-electron chi connectivity index (χ3n) is 4.30. The number of unbranched alkanes of at least 4 members (excludes halogenated alkanes) is 10. The molecule has 0 spiro atoms. The monoisotopic (exact) mass is 342 g/mol. The first-order valence-corrected chi connectivity index (χ1v) is 9.60. The Morgan fingerprint density at radius 1 is 0.833 bits per heavy atom. The molecule has 1 unspecified atom stereocenters. The largest absolute Gasteiger partial charge is 0.542 e. The number of carboxylic acids is 1. The Labute approximate surface area is 148 Å². The number of nitrogens with zero attached hydrogens (tertiary/aromatic N) is 1. The van der Waals surface area contributed by atoms with Crippen LogP contribution in [0.15, 0.2) is 0 Å². The molecule has 142 valence electrons. The maximum atomic E-state index is 11.9. The summed E-state index contributed by atoms with van der Waals surface area (Å²) >= 11 is 0. The van der Waals surface area contributed by atoms with Gasteiger partial charge in [0, 0.05) is 6.42 Å². The number of amides is 1. The van der Waals surface area contributed by atoms with Crippen LogP contribution >= 0.6 is 0 Å². The van der Waals surface area contributed by atoms with Crippen molar-refractivity contribution in [2.75, 3.05) is 21.1 Å². The number of hydrogen-bond acceptors (Lipinski definition) is 3. The minimum absolute atomic E-state index is 0.117. The van der Waals surface area contributed by atoms with Gasteiger partial charge in [0.05, 0.1) is 21.1 Å². The number of nitrogens with one attached hydrogen (secondary N) is 1. The van der Waals surface area contributed by atoms with E-state index in [1.165, 1.54) is 51.4 Å². The van der Waals surface area contributed by atoms with Gasteiger partial charge in [-0.3, -0.25) is 4.79 Å². The van der Waals surface area contributed by atoms with Crippen LogP contribution in [0.3, 0.4) is 0 Å². The Morgan fingerprint density at radius 3 is 1.62 bits per heavy atom.